The lowest BCUT2D eigenvalue weighted by Crippen LogP contribution is -2.56. The maximum absolute atomic E-state index is 13.9. The van der Waals surface area contributed by atoms with Gasteiger partial charge in [-0.2, -0.15) is 0 Å². The van der Waals surface area contributed by atoms with Gasteiger partial charge in [-0.25, -0.2) is 18.4 Å². The fourth-order valence-electron chi connectivity index (χ4n) is 4.73. The van der Waals surface area contributed by atoms with Crippen LogP contribution in [-0.2, 0) is 19.1 Å². The molecule has 2 aromatic carbocycles. The second-order valence-corrected chi connectivity index (χ2v) is 8.77. The molecule has 186 valence electrons. The summed E-state index contributed by atoms with van der Waals surface area (Å²) in [5.41, 5.74) is 4.10. The zero-order chi connectivity index (χ0) is 25.3. The molecule has 8 nitrogen and oxygen atoms in total. The lowest BCUT2D eigenvalue weighted by atomic mass is 9.98. The number of carboxylic acid groups (broad SMARTS) is 1. The van der Waals surface area contributed by atoms with E-state index in [2.05, 4.69) is 5.32 Å². The molecule has 0 saturated carbocycles. The minimum absolute atomic E-state index is 0.0122. The number of alkyl carbamates (subject to hydrolysis) is 1. The molecule has 4 rings (SSSR count). The topological polar surface area (TPSA) is 105 Å². The number of nitrogens with one attached hydrogen (secondary N) is 1. The quantitative estimate of drug-likeness (QED) is 0.620. The second kappa shape index (κ2) is 9.61. The van der Waals surface area contributed by atoms with Crippen molar-refractivity contribution in [2.75, 3.05) is 20.3 Å². The standard InChI is InChI=1S/C25H26F2N2O6/c1-14(34-2)21(22(30)29-13-25(26,27)11-20(29)23(31)32)28-24(33)35-12-19-17-9-5-3-7-15(17)16-8-4-6-10-18(16)19/h3-10,14,19-21H,11-13H2,1-2H3,(H,28,33)(H,31,32)/t14?,20-,21?/m1/s1. The van der Waals surface area contributed by atoms with Gasteiger partial charge in [0.25, 0.3) is 5.92 Å². The summed E-state index contributed by atoms with van der Waals surface area (Å²) in [5.74, 6) is -6.07. The Morgan fingerprint density at radius 1 is 1.11 bits per heavy atom. The van der Waals surface area contributed by atoms with E-state index in [1.165, 1.54) is 14.0 Å². The molecular formula is C25H26F2N2O6. The van der Waals surface area contributed by atoms with E-state index in [1.54, 1.807) is 0 Å². The van der Waals surface area contributed by atoms with Gasteiger partial charge in [0.2, 0.25) is 5.91 Å². The normalized spacial score (nSPS) is 20.0. The molecule has 2 unspecified atom stereocenters. The van der Waals surface area contributed by atoms with Crippen molar-refractivity contribution in [3.8, 4) is 11.1 Å². The van der Waals surface area contributed by atoms with Crippen molar-refractivity contribution in [3.05, 3.63) is 59.7 Å². The van der Waals surface area contributed by atoms with Crippen molar-refractivity contribution >= 4 is 18.0 Å². The minimum Gasteiger partial charge on any atom is -0.480 e. The summed E-state index contributed by atoms with van der Waals surface area (Å²) in [4.78, 5) is 37.8. The molecular weight excluding hydrogens is 462 g/mol. The Bertz CT molecular complexity index is 1090. The molecule has 1 fully saturated rings. The zero-order valence-corrected chi connectivity index (χ0v) is 19.2. The summed E-state index contributed by atoms with van der Waals surface area (Å²) >= 11 is 0. The van der Waals surface area contributed by atoms with Crippen molar-refractivity contribution in [1.82, 2.24) is 10.2 Å². The summed E-state index contributed by atoms with van der Waals surface area (Å²) in [6.45, 7) is 0.403. The van der Waals surface area contributed by atoms with Crippen LogP contribution in [0.15, 0.2) is 48.5 Å². The molecule has 1 heterocycles. The number of hydrogen-bond acceptors (Lipinski definition) is 5. The minimum atomic E-state index is -3.34. The number of benzene rings is 2. The Morgan fingerprint density at radius 2 is 1.69 bits per heavy atom. The number of rotatable bonds is 7. The molecule has 2 aliphatic rings. The number of alkyl halides is 2. The average Bonchev–Trinajstić information content (AvgIpc) is 3.34. The predicted octanol–water partition coefficient (Wildman–Crippen LogP) is 3.25. The molecule has 0 radical (unpaired) electrons. The van der Waals surface area contributed by atoms with Gasteiger partial charge < -0.3 is 24.8 Å². The number of carbonyl (C=O) groups excluding carboxylic acids is 2. The summed E-state index contributed by atoms with van der Waals surface area (Å²) in [7, 11) is 1.29. The van der Waals surface area contributed by atoms with Crippen LogP contribution in [0.5, 0.6) is 0 Å². The summed E-state index contributed by atoms with van der Waals surface area (Å²) < 4.78 is 38.4. The van der Waals surface area contributed by atoms with Crippen molar-refractivity contribution in [2.45, 2.75) is 43.4 Å². The van der Waals surface area contributed by atoms with Gasteiger partial charge in [0, 0.05) is 19.4 Å². The molecule has 35 heavy (non-hydrogen) atoms. The molecule has 1 aliphatic carbocycles. The lowest BCUT2D eigenvalue weighted by Gasteiger charge is -2.29. The molecule has 1 saturated heterocycles. The fourth-order valence-corrected chi connectivity index (χ4v) is 4.73. The van der Waals surface area contributed by atoms with E-state index < -0.39 is 55.0 Å². The first-order valence-corrected chi connectivity index (χ1v) is 11.2. The fraction of sp³-hybridized carbons (Fsp3) is 0.400. The van der Waals surface area contributed by atoms with Gasteiger partial charge in [-0.15, -0.1) is 0 Å². The number of likely N-dealkylation sites (tertiary alicyclic amines) is 1. The van der Waals surface area contributed by atoms with Gasteiger partial charge in [-0.1, -0.05) is 48.5 Å². The van der Waals surface area contributed by atoms with E-state index >= 15 is 0 Å². The number of hydrogen-bond donors (Lipinski definition) is 2. The number of aliphatic carboxylic acids is 1. The van der Waals surface area contributed by atoms with Gasteiger partial charge in [0.15, 0.2) is 0 Å². The zero-order valence-electron chi connectivity index (χ0n) is 19.2. The van der Waals surface area contributed by atoms with Crippen LogP contribution in [0.2, 0.25) is 0 Å². The first kappa shape index (κ1) is 24.6. The highest BCUT2D eigenvalue weighted by molar-refractivity contribution is 5.90. The first-order valence-electron chi connectivity index (χ1n) is 11.2. The Hall–Kier alpha value is -3.53. The number of amides is 2. The van der Waals surface area contributed by atoms with E-state index in [4.69, 9.17) is 9.47 Å². The third-order valence-corrected chi connectivity index (χ3v) is 6.56. The van der Waals surface area contributed by atoms with Crippen LogP contribution in [0.1, 0.15) is 30.4 Å². The SMILES string of the molecule is COC(C)C(NC(=O)OCC1c2ccccc2-c2ccccc21)C(=O)N1CC(F)(F)C[C@@H]1C(=O)O. The van der Waals surface area contributed by atoms with E-state index in [0.717, 1.165) is 22.3 Å². The number of nitrogens with zero attached hydrogens (tertiary/aromatic N) is 1. The van der Waals surface area contributed by atoms with E-state index in [-0.39, 0.29) is 12.5 Å². The molecule has 2 N–H and O–H groups in total. The van der Waals surface area contributed by atoms with Crippen LogP contribution in [0.3, 0.4) is 0 Å². The highest BCUT2D eigenvalue weighted by Crippen LogP contribution is 2.44. The average molecular weight is 488 g/mol. The highest BCUT2D eigenvalue weighted by atomic mass is 19.3. The predicted molar refractivity (Wildman–Crippen MR) is 121 cm³/mol. The van der Waals surface area contributed by atoms with Crippen LogP contribution in [0.4, 0.5) is 13.6 Å². The van der Waals surface area contributed by atoms with Crippen molar-refractivity contribution < 1.29 is 37.7 Å². The van der Waals surface area contributed by atoms with Gasteiger partial charge in [-0.05, 0) is 29.2 Å². The van der Waals surface area contributed by atoms with Crippen molar-refractivity contribution in [1.29, 1.82) is 0 Å². The largest absolute Gasteiger partial charge is 0.480 e. The number of fused-ring (bicyclic) bond motifs is 3. The van der Waals surface area contributed by atoms with Crippen LogP contribution >= 0.6 is 0 Å². The second-order valence-electron chi connectivity index (χ2n) is 8.77. The molecule has 1 aliphatic heterocycles. The van der Waals surface area contributed by atoms with Crippen molar-refractivity contribution in [2.24, 2.45) is 0 Å². The van der Waals surface area contributed by atoms with Gasteiger partial charge in [0.1, 0.15) is 18.7 Å². The maximum atomic E-state index is 13.9. The maximum Gasteiger partial charge on any atom is 0.407 e. The van der Waals surface area contributed by atoms with Gasteiger partial charge in [0.05, 0.1) is 12.6 Å². The molecule has 3 atom stereocenters. The molecule has 2 aromatic rings. The molecule has 0 spiro atoms. The van der Waals surface area contributed by atoms with E-state index in [9.17, 15) is 28.3 Å². The number of carbonyl (C=O) groups is 3. The van der Waals surface area contributed by atoms with Crippen molar-refractivity contribution in [3.63, 3.8) is 0 Å². The Morgan fingerprint density at radius 3 is 2.23 bits per heavy atom. The Kier molecular flexibility index (Phi) is 6.75. The van der Waals surface area contributed by atoms with Gasteiger partial charge in [-0.3, -0.25) is 4.79 Å². The summed E-state index contributed by atoms with van der Waals surface area (Å²) in [6, 6.07) is 12.5. The van der Waals surface area contributed by atoms with Crippen LogP contribution < -0.4 is 5.32 Å². The van der Waals surface area contributed by atoms with E-state index in [1.807, 2.05) is 48.5 Å². The monoisotopic (exact) mass is 488 g/mol. The number of methoxy groups -OCH3 is 1. The Labute approximate surface area is 200 Å². The Balaban J connectivity index is 1.47. The van der Waals surface area contributed by atoms with Crippen LogP contribution in [0, 0.1) is 0 Å². The summed E-state index contributed by atoms with van der Waals surface area (Å²) in [6.07, 6.45) is -2.86. The third-order valence-electron chi connectivity index (χ3n) is 6.56. The van der Waals surface area contributed by atoms with Crippen LogP contribution in [0.25, 0.3) is 11.1 Å². The molecule has 2 amide bonds. The van der Waals surface area contributed by atoms with Gasteiger partial charge >= 0.3 is 12.1 Å². The molecule has 0 aromatic heterocycles. The highest BCUT2D eigenvalue weighted by Gasteiger charge is 2.52. The van der Waals surface area contributed by atoms with Crippen LogP contribution in [-0.4, -0.2) is 72.3 Å². The molecule has 10 heteroatoms. The van der Waals surface area contributed by atoms with E-state index in [0.29, 0.717) is 4.90 Å². The number of ether oxygens (including phenoxy) is 2. The smallest absolute Gasteiger partial charge is 0.407 e. The number of carboxylic acids is 1. The lowest BCUT2D eigenvalue weighted by molar-refractivity contribution is -0.150. The number of halogens is 2. The summed E-state index contributed by atoms with van der Waals surface area (Å²) in [5, 5.41) is 11.7. The first-order chi connectivity index (χ1) is 16.6. The molecule has 0 bridgehead atoms. The third kappa shape index (κ3) is 4.84.